The molecule has 1 atom stereocenters. The molecule has 0 aliphatic rings. The van der Waals surface area contributed by atoms with Crippen molar-refractivity contribution >= 4 is 5.91 Å². The Morgan fingerprint density at radius 2 is 2.06 bits per heavy atom. The van der Waals surface area contributed by atoms with Crippen molar-refractivity contribution < 1.29 is 9.53 Å². The van der Waals surface area contributed by atoms with Crippen LogP contribution in [0.1, 0.15) is 30.0 Å². The Labute approximate surface area is 109 Å². The highest BCUT2D eigenvalue weighted by Crippen LogP contribution is 2.22. The summed E-state index contributed by atoms with van der Waals surface area (Å²) in [5.74, 6) is 0.857. The average Bonchev–Trinajstić information content (AvgIpc) is 2.28. The molecular formula is C14H22N2O2. The Balaban J connectivity index is 2.68. The van der Waals surface area contributed by atoms with Gasteiger partial charge in [-0.25, -0.2) is 0 Å². The lowest BCUT2D eigenvalue weighted by atomic mass is 10.0. The Hall–Kier alpha value is -1.55. The first kappa shape index (κ1) is 14.5. The quantitative estimate of drug-likeness (QED) is 0.835. The lowest BCUT2D eigenvalue weighted by molar-refractivity contribution is -0.121. The molecule has 0 saturated heterocycles. The molecule has 0 saturated carbocycles. The molecule has 1 amide bonds. The second kappa shape index (κ2) is 6.40. The van der Waals surface area contributed by atoms with E-state index in [1.54, 1.807) is 7.11 Å². The first-order valence-electron chi connectivity index (χ1n) is 6.10. The number of nitrogens with two attached hydrogens (primary N) is 1. The average molecular weight is 250 g/mol. The molecule has 1 aromatic carbocycles. The van der Waals surface area contributed by atoms with Crippen LogP contribution in [0, 0.1) is 13.8 Å². The Morgan fingerprint density at radius 1 is 1.39 bits per heavy atom. The van der Waals surface area contributed by atoms with E-state index in [-0.39, 0.29) is 11.9 Å². The molecule has 1 rings (SSSR count). The van der Waals surface area contributed by atoms with Crippen LogP contribution < -0.4 is 15.8 Å². The zero-order valence-corrected chi connectivity index (χ0v) is 11.5. The largest absolute Gasteiger partial charge is 0.496 e. The van der Waals surface area contributed by atoms with Crippen molar-refractivity contribution in [3.05, 3.63) is 28.8 Å². The second-order valence-corrected chi connectivity index (χ2v) is 4.71. The smallest absolute Gasteiger partial charge is 0.221 e. The minimum absolute atomic E-state index is 0.0159. The predicted molar refractivity (Wildman–Crippen MR) is 72.6 cm³/mol. The van der Waals surface area contributed by atoms with E-state index in [1.807, 2.05) is 32.9 Å². The van der Waals surface area contributed by atoms with E-state index in [1.165, 1.54) is 0 Å². The van der Waals surface area contributed by atoms with Crippen LogP contribution in [0.2, 0.25) is 0 Å². The maximum absolute atomic E-state index is 11.5. The summed E-state index contributed by atoms with van der Waals surface area (Å²) in [6.45, 7) is 6.35. The van der Waals surface area contributed by atoms with Crippen LogP contribution in [0.15, 0.2) is 12.1 Å². The molecule has 0 fully saturated rings. The standard InChI is InChI=1S/C14H22N2O2/c1-9-6-13(18-4)10(2)5-12(9)8-16-14(17)7-11(3)15/h5-6,11H,7-8,15H2,1-4H3,(H,16,17). The van der Waals surface area contributed by atoms with Gasteiger partial charge in [0.15, 0.2) is 0 Å². The van der Waals surface area contributed by atoms with Gasteiger partial charge >= 0.3 is 0 Å². The number of methoxy groups -OCH3 is 1. The fourth-order valence-corrected chi connectivity index (χ4v) is 1.82. The maximum atomic E-state index is 11.5. The number of nitrogens with one attached hydrogen (secondary N) is 1. The molecular weight excluding hydrogens is 228 g/mol. The number of benzene rings is 1. The SMILES string of the molecule is COc1cc(C)c(CNC(=O)CC(C)N)cc1C. The number of aryl methyl sites for hydroxylation is 2. The molecule has 0 bridgehead atoms. The third-order valence-corrected chi connectivity index (χ3v) is 2.84. The number of carbonyl (C=O) groups is 1. The first-order chi connectivity index (χ1) is 8.43. The summed E-state index contributed by atoms with van der Waals surface area (Å²) in [4.78, 5) is 11.5. The van der Waals surface area contributed by atoms with Gasteiger partial charge in [-0.2, -0.15) is 0 Å². The number of carbonyl (C=O) groups excluding carboxylic acids is 1. The van der Waals surface area contributed by atoms with E-state index >= 15 is 0 Å². The van der Waals surface area contributed by atoms with Crippen molar-refractivity contribution in [3.63, 3.8) is 0 Å². The molecule has 0 aliphatic heterocycles. The number of amides is 1. The van der Waals surface area contributed by atoms with Crippen molar-refractivity contribution in [1.82, 2.24) is 5.32 Å². The van der Waals surface area contributed by atoms with E-state index in [4.69, 9.17) is 10.5 Å². The fourth-order valence-electron chi connectivity index (χ4n) is 1.82. The number of hydrogen-bond donors (Lipinski definition) is 2. The summed E-state index contributed by atoms with van der Waals surface area (Å²) in [5, 5.41) is 2.88. The second-order valence-electron chi connectivity index (χ2n) is 4.71. The number of hydrogen-bond acceptors (Lipinski definition) is 3. The monoisotopic (exact) mass is 250 g/mol. The minimum atomic E-state index is -0.108. The molecule has 1 aromatic rings. The van der Waals surface area contributed by atoms with Crippen LogP contribution in [-0.4, -0.2) is 19.1 Å². The van der Waals surface area contributed by atoms with Gasteiger partial charge in [0.25, 0.3) is 0 Å². The summed E-state index contributed by atoms with van der Waals surface area (Å²) < 4.78 is 5.26. The molecule has 0 radical (unpaired) electrons. The van der Waals surface area contributed by atoms with Gasteiger partial charge in [-0.3, -0.25) is 4.79 Å². The Morgan fingerprint density at radius 3 is 2.61 bits per heavy atom. The highest BCUT2D eigenvalue weighted by Gasteiger charge is 2.08. The van der Waals surface area contributed by atoms with Crippen LogP contribution in [0.3, 0.4) is 0 Å². The van der Waals surface area contributed by atoms with Gasteiger partial charge in [0.05, 0.1) is 7.11 Å². The summed E-state index contributed by atoms with van der Waals surface area (Å²) in [6, 6.07) is 3.92. The van der Waals surface area contributed by atoms with E-state index in [0.29, 0.717) is 13.0 Å². The van der Waals surface area contributed by atoms with Crippen molar-refractivity contribution in [3.8, 4) is 5.75 Å². The molecule has 100 valence electrons. The third-order valence-electron chi connectivity index (χ3n) is 2.84. The van der Waals surface area contributed by atoms with Gasteiger partial charge in [-0.15, -0.1) is 0 Å². The van der Waals surface area contributed by atoms with E-state index in [2.05, 4.69) is 5.32 Å². The fraction of sp³-hybridized carbons (Fsp3) is 0.500. The molecule has 0 aliphatic carbocycles. The van der Waals surface area contributed by atoms with E-state index in [0.717, 1.165) is 22.4 Å². The molecule has 0 aromatic heterocycles. The van der Waals surface area contributed by atoms with Crippen LogP contribution in [0.5, 0.6) is 5.75 Å². The van der Waals surface area contributed by atoms with Gasteiger partial charge in [0.1, 0.15) is 5.75 Å². The van der Waals surface area contributed by atoms with Crippen molar-refractivity contribution in [2.45, 2.75) is 39.8 Å². The third kappa shape index (κ3) is 4.04. The van der Waals surface area contributed by atoms with Gasteiger partial charge in [0, 0.05) is 19.0 Å². The summed E-state index contributed by atoms with van der Waals surface area (Å²) in [7, 11) is 1.66. The molecule has 18 heavy (non-hydrogen) atoms. The minimum Gasteiger partial charge on any atom is -0.496 e. The molecule has 4 nitrogen and oxygen atoms in total. The molecule has 4 heteroatoms. The lowest BCUT2D eigenvalue weighted by Crippen LogP contribution is -2.29. The summed E-state index contributed by atoms with van der Waals surface area (Å²) in [5.41, 5.74) is 8.86. The molecule has 0 heterocycles. The Kier molecular flexibility index (Phi) is 5.16. The van der Waals surface area contributed by atoms with Crippen molar-refractivity contribution in [2.24, 2.45) is 5.73 Å². The topological polar surface area (TPSA) is 64.3 Å². The summed E-state index contributed by atoms with van der Waals surface area (Å²) >= 11 is 0. The lowest BCUT2D eigenvalue weighted by Gasteiger charge is -2.12. The number of ether oxygens (including phenoxy) is 1. The first-order valence-corrected chi connectivity index (χ1v) is 6.10. The van der Waals surface area contributed by atoms with Gasteiger partial charge in [-0.05, 0) is 43.5 Å². The highest BCUT2D eigenvalue weighted by molar-refractivity contribution is 5.76. The highest BCUT2D eigenvalue weighted by atomic mass is 16.5. The van der Waals surface area contributed by atoms with Crippen LogP contribution in [0.4, 0.5) is 0 Å². The molecule has 1 unspecified atom stereocenters. The molecule has 3 N–H and O–H groups in total. The number of rotatable bonds is 5. The van der Waals surface area contributed by atoms with Crippen LogP contribution in [0.25, 0.3) is 0 Å². The Bertz CT molecular complexity index is 428. The van der Waals surface area contributed by atoms with Gasteiger partial charge in [0.2, 0.25) is 5.91 Å². The van der Waals surface area contributed by atoms with Crippen molar-refractivity contribution in [2.75, 3.05) is 7.11 Å². The maximum Gasteiger partial charge on any atom is 0.221 e. The summed E-state index contributed by atoms with van der Waals surface area (Å²) in [6.07, 6.45) is 0.355. The van der Waals surface area contributed by atoms with E-state index < -0.39 is 0 Å². The predicted octanol–water partition coefficient (Wildman–Crippen LogP) is 1.67. The van der Waals surface area contributed by atoms with Gasteiger partial charge in [-0.1, -0.05) is 6.07 Å². The van der Waals surface area contributed by atoms with Gasteiger partial charge < -0.3 is 15.8 Å². The van der Waals surface area contributed by atoms with Crippen molar-refractivity contribution in [1.29, 1.82) is 0 Å². The molecule has 0 spiro atoms. The zero-order chi connectivity index (χ0) is 13.7. The normalized spacial score (nSPS) is 12.1. The van der Waals surface area contributed by atoms with E-state index in [9.17, 15) is 4.79 Å². The zero-order valence-electron chi connectivity index (χ0n) is 11.5. The van der Waals surface area contributed by atoms with Crippen LogP contribution in [-0.2, 0) is 11.3 Å². The van der Waals surface area contributed by atoms with Crippen LogP contribution >= 0.6 is 0 Å².